The number of carbonyl (C=O) groups is 5. The average Bonchev–Trinajstić information content (AvgIpc) is 3.26. The number of ether oxygens (including phenoxy) is 2. The van der Waals surface area contributed by atoms with Crippen LogP contribution in [-0.4, -0.2) is 115 Å². The van der Waals surface area contributed by atoms with E-state index < -0.39 is 85.7 Å². The summed E-state index contributed by atoms with van der Waals surface area (Å²) in [6, 6.07) is 5.00. The molecule has 15 nitrogen and oxygen atoms in total. The van der Waals surface area contributed by atoms with Crippen LogP contribution in [0, 0.1) is 29.4 Å². The van der Waals surface area contributed by atoms with Gasteiger partial charge in [0, 0.05) is 31.4 Å². The summed E-state index contributed by atoms with van der Waals surface area (Å²) in [5.41, 5.74) is 4.10. The molecule has 0 spiro atoms. The number of imide groups is 2. The van der Waals surface area contributed by atoms with Gasteiger partial charge in [-0.15, -0.1) is 12.4 Å². The zero-order valence-corrected chi connectivity index (χ0v) is 51.6. The Balaban J connectivity index is 0. The van der Waals surface area contributed by atoms with Crippen LogP contribution in [0.4, 0.5) is 26.3 Å². The fraction of sp³-hybridized carbons (Fsp3) is 0.600. The van der Waals surface area contributed by atoms with E-state index in [1.807, 2.05) is 25.8 Å². The van der Waals surface area contributed by atoms with E-state index in [0.717, 1.165) is 49.1 Å². The van der Waals surface area contributed by atoms with E-state index in [0.29, 0.717) is 64.3 Å². The predicted octanol–water partition coefficient (Wildman–Crippen LogP) is 9.48. The monoisotopic (exact) mass is 1480 g/mol. The molecule has 73 heavy (non-hydrogen) atoms. The van der Waals surface area contributed by atoms with Gasteiger partial charge < -0.3 is 26.9 Å². The Morgan fingerprint density at radius 2 is 1.15 bits per heavy atom. The topological polar surface area (TPSA) is 225 Å². The Hall–Kier alpha value is -1.55. The molecule has 2 saturated heterocycles. The van der Waals surface area contributed by atoms with Gasteiger partial charge in [-0.25, -0.2) is 43.2 Å². The van der Waals surface area contributed by atoms with E-state index in [9.17, 15) is 67.2 Å². The first-order valence-electron chi connectivity index (χ1n) is 22.2. The van der Waals surface area contributed by atoms with Gasteiger partial charge in [0.15, 0.2) is 42.8 Å². The van der Waals surface area contributed by atoms with Crippen molar-refractivity contribution >= 4 is 122 Å². The number of hydrogen-bond acceptors (Lipinski definition) is 13. The summed E-state index contributed by atoms with van der Waals surface area (Å²) in [6.07, 6.45) is 0.297. The molecule has 2 aliphatic heterocycles. The van der Waals surface area contributed by atoms with Gasteiger partial charge in [-0.2, -0.15) is 6.92 Å². The van der Waals surface area contributed by atoms with E-state index >= 15 is 0 Å². The fourth-order valence-corrected chi connectivity index (χ4v) is 10.6. The first-order chi connectivity index (χ1) is 33.3. The van der Waals surface area contributed by atoms with Crippen molar-refractivity contribution in [1.82, 2.24) is 15.5 Å². The number of rotatable bonds is 22. The van der Waals surface area contributed by atoms with Gasteiger partial charge in [-0.1, -0.05) is 34.1 Å². The first kappa shape index (κ1) is 73.5. The molecule has 2 fully saturated rings. The van der Waals surface area contributed by atoms with Crippen LogP contribution >= 0.6 is 72.3 Å². The Morgan fingerprint density at radius 3 is 1.52 bits per heavy atom. The molecule has 420 valence electrons. The number of alkyl halides is 4. The number of nitrogens with one attached hydrogen (secondary N) is 2. The van der Waals surface area contributed by atoms with Crippen LogP contribution < -0.4 is 25.8 Å². The summed E-state index contributed by atoms with van der Waals surface area (Å²) in [4.78, 5) is 55.8. The number of sulfone groups is 2. The van der Waals surface area contributed by atoms with E-state index in [2.05, 4.69) is 87.0 Å². The van der Waals surface area contributed by atoms with E-state index in [-0.39, 0.29) is 68.3 Å². The van der Waals surface area contributed by atoms with Crippen LogP contribution in [0.2, 0.25) is 0 Å². The molecule has 0 saturated carbocycles. The summed E-state index contributed by atoms with van der Waals surface area (Å²) in [7, 11) is -5.75. The molecule has 2 heterocycles. The molecule has 0 aliphatic carbocycles. The normalized spacial score (nSPS) is 16.0. The summed E-state index contributed by atoms with van der Waals surface area (Å²) in [6.45, 7) is 10.7. The van der Waals surface area contributed by atoms with Gasteiger partial charge in [0.25, 0.3) is 12.9 Å². The zero-order chi connectivity index (χ0) is 55.6. The number of benzene rings is 2. The molecule has 2 aromatic carbocycles. The minimum atomic E-state index is -3.81. The van der Waals surface area contributed by atoms with Gasteiger partial charge in [0.05, 0.1) is 33.4 Å². The summed E-state index contributed by atoms with van der Waals surface area (Å²) < 4.78 is 136. The quantitative estimate of drug-likeness (QED) is 0.0190. The molecule has 0 radical (unpaired) electrons. The Kier molecular flexibility index (Phi) is 36.8. The van der Waals surface area contributed by atoms with Crippen molar-refractivity contribution < 1.29 is 81.5 Å². The minimum absolute atomic E-state index is 0. The molecule has 4 N–H and O–H groups in total. The van der Waals surface area contributed by atoms with Crippen molar-refractivity contribution in [2.45, 2.75) is 134 Å². The van der Waals surface area contributed by atoms with Crippen LogP contribution in [0.25, 0.3) is 0 Å². The molecule has 4 rings (SSSR count). The SMILES string of the molecule is CC(C)(CCCC=O)CS(=O)(=O)c1ccc(F)c(OCC(F)F)c1.CN(CCCCC(C)(C)CS(=O)(=O)c1ccc(F)c(OCC(F)F)c1)C1CCC(=O)NC1=O.Cl.NC1CCC(=O)NC1=O.[CH2-]C.[I][V]([I])[I]. The Morgan fingerprint density at radius 1 is 0.753 bits per heavy atom. The number of piperidine rings is 2. The second-order valence-corrected chi connectivity index (χ2v) is 57.0. The number of hydrogen-bond donors (Lipinski definition) is 3. The molecule has 2 aromatic rings. The molecular weight excluding hydrogens is 1420 g/mol. The number of halogens is 10. The number of unbranched alkanes of at least 4 members (excludes halogenated alkanes) is 2. The first-order valence-corrected chi connectivity index (χ1v) is 39.0. The molecule has 4 amide bonds. The Bertz CT molecular complexity index is 2280. The average molecular weight is 1480 g/mol. The molecule has 0 aromatic heterocycles. The Labute approximate surface area is 469 Å². The zero-order valence-electron chi connectivity index (χ0n) is 41.3. The van der Waals surface area contributed by atoms with Crippen molar-refractivity contribution in [3.8, 4) is 11.5 Å². The molecule has 2 atom stereocenters. The third-order valence-electron chi connectivity index (χ3n) is 10.2. The number of nitrogens with two attached hydrogens (primary N) is 1. The van der Waals surface area contributed by atoms with Gasteiger partial charge in [-0.3, -0.25) is 34.7 Å². The number of aldehydes is 1. The fourth-order valence-electron chi connectivity index (χ4n) is 6.82. The maximum atomic E-state index is 13.8. The number of amides is 4. The van der Waals surface area contributed by atoms with Crippen LogP contribution in [-0.2, 0) is 48.6 Å². The van der Waals surface area contributed by atoms with E-state index in [1.165, 1.54) is 0 Å². The number of carbonyl (C=O) groups excluding carboxylic acids is 5. The maximum absolute atomic E-state index is 13.8. The molecule has 28 heteroatoms. The van der Waals surface area contributed by atoms with E-state index in [4.69, 9.17) is 5.73 Å². The second kappa shape index (κ2) is 36.5. The molecule has 2 aliphatic rings. The third kappa shape index (κ3) is 31.5. The van der Waals surface area contributed by atoms with Gasteiger partial charge in [0.2, 0.25) is 23.6 Å². The third-order valence-corrected chi connectivity index (χ3v) is 14.5. The molecular formula is C45H66ClF6I3N4O11S2V-. The molecule has 2 unspecified atom stereocenters. The number of likely N-dealkylation sites (N-methyl/N-ethyl adjacent to an activating group) is 1. The van der Waals surface area contributed by atoms with Gasteiger partial charge >= 0.3 is 64.9 Å². The van der Waals surface area contributed by atoms with Crippen molar-refractivity contribution in [2.24, 2.45) is 16.6 Å². The van der Waals surface area contributed by atoms with Crippen molar-refractivity contribution in [1.29, 1.82) is 0 Å². The summed E-state index contributed by atoms with van der Waals surface area (Å²) in [5, 5.41) is 4.46. The summed E-state index contributed by atoms with van der Waals surface area (Å²) >= 11 is 7.39. The van der Waals surface area contributed by atoms with Gasteiger partial charge in [0.1, 0.15) is 19.5 Å². The molecule has 0 bridgehead atoms. The van der Waals surface area contributed by atoms with Crippen LogP contribution in [0.3, 0.4) is 0 Å². The standard InChI is InChI=1S/C22H31F3N2O5S.C16H21F3O4S.C5H8N2O2.C2H5.ClH.3HI.V/c1-22(2,10-4-5-11-27(3)17-8-9-20(28)26-21(17)29)14-33(30,31)15-6-7-16(23)18(12-15)32-13-19(24)25;1-16(2,7-3-4-8-20)11-24(21,22)12-5-6-13(17)14(9-12)23-10-15(18)19;6-3-1-2-4(8)7-5(3)9;1-2;;;;;/h6-7,12,17,19H,4-5,8-11,13-14H2,1-3H3,(H,26,28,29);5-6,8-9,15H,3-4,7,10-11H2,1-2H3;3H,1-2,6H2,(H,7,8,9);1H2,2H3;4*1H;/q;;;-1;;;;;+3/p-3. The van der Waals surface area contributed by atoms with Crippen LogP contribution in [0.5, 0.6) is 11.5 Å². The second-order valence-electron chi connectivity index (χ2n) is 17.6. The van der Waals surface area contributed by atoms with Crippen LogP contribution in [0.1, 0.15) is 98.8 Å². The van der Waals surface area contributed by atoms with Crippen molar-refractivity contribution in [3.05, 3.63) is 55.0 Å². The predicted molar refractivity (Wildman–Crippen MR) is 291 cm³/mol. The van der Waals surface area contributed by atoms with Crippen molar-refractivity contribution in [2.75, 3.05) is 38.3 Å². The number of nitrogens with zero attached hydrogens (tertiary/aromatic N) is 1. The van der Waals surface area contributed by atoms with Gasteiger partial charge in [-0.05, 0) is 87.2 Å². The van der Waals surface area contributed by atoms with Crippen molar-refractivity contribution in [3.63, 3.8) is 0 Å². The summed E-state index contributed by atoms with van der Waals surface area (Å²) in [5.74, 6) is -4.40. The van der Waals surface area contributed by atoms with E-state index in [1.54, 1.807) is 20.8 Å². The van der Waals surface area contributed by atoms with Crippen LogP contribution in [0.15, 0.2) is 46.2 Å².